The Morgan fingerprint density at radius 2 is 2.00 bits per heavy atom. The van der Waals surface area contributed by atoms with E-state index in [9.17, 15) is 9.59 Å². The van der Waals surface area contributed by atoms with E-state index in [1.165, 1.54) is 13.2 Å². The number of benzene rings is 2. The summed E-state index contributed by atoms with van der Waals surface area (Å²) in [5, 5.41) is 3.55. The number of amides is 2. The number of hydrogen-bond acceptors (Lipinski definition) is 3. The highest BCUT2D eigenvalue weighted by Crippen LogP contribution is 2.31. The zero-order chi connectivity index (χ0) is 18.0. The lowest BCUT2D eigenvalue weighted by Crippen LogP contribution is -2.32. The highest BCUT2D eigenvalue weighted by atomic mass is 35.5. The van der Waals surface area contributed by atoms with Crippen LogP contribution in [0, 0.1) is 0 Å². The highest BCUT2D eigenvalue weighted by molar-refractivity contribution is 6.36. The van der Waals surface area contributed by atoms with E-state index in [1.807, 2.05) is 6.07 Å². The molecule has 2 aromatic rings. The van der Waals surface area contributed by atoms with Crippen LogP contribution in [-0.2, 0) is 16.0 Å². The van der Waals surface area contributed by atoms with Crippen LogP contribution in [0.25, 0.3) is 0 Å². The minimum atomic E-state index is -0.361. The topological polar surface area (TPSA) is 58.6 Å². The van der Waals surface area contributed by atoms with Crippen LogP contribution >= 0.6 is 23.2 Å². The van der Waals surface area contributed by atoms with E-state index in [0.29, 0.717) is 27.8 Å². The standard InChI is InChI=1S/C18H16Cl2N2O3/c1-25-10-17(23)22-7-6-11-2-4-13(9-16(11)22)21-18(24)14-8-12(19)3-5-15(14)20/h2-5,8-9H,6-7,10H2,1H3,(H,21,24). The van der Waals surface area contributed by atoms with Gasteiger partial charge in [-0.1, -0.05) is 29.3 Å². The Kier molecular flexibility index (Phi) is 5.27. The van der Waals surface area contributed by atoms with Gasteiger partial charge in [0.2, 0.25) is 0 Å². The van der Waals surface area contributed by atoms with Gasteiger partial charge in [0.25, 0.3) is 11.8 Å². The van der Waals surface area contributed by atoms with E-state index in [2.05, 4.69) is 5.32 Å². The summed E-state index contributed by atoms with van der Waals surface area (Å²) in [4.78, 5) is 26.2. The molecule has 0 aromatic heterocycles. The predicted octanol–water partition coefficient (Wildman–Crippen LogP) is 3.78. The molecule has 5 nitrogen and oxygen atoms in total. The number of carbonyl (C=O) groups is 2. The molecule has 1 aliphatic heterocycles. The first-order valence-electron chi connectivity index (χ1n) is 7.68. The van der Waals surface area contributed by atoms with Gasteiger partial charge in [0.1, 0.15) is 6.61 Å². The van der Waals surface area contributed by atoms with E-state index < -0.39 is 0 Å². The van der Waals surface area contributed by atoms with Crippen molar-refractivity contribution in [2.45, 2.75) is 6.42 Å². The molecule has 7 heteroatoms. The molecule has 2 amide bonds. The van der Waals surface area contributed by atoms with Crippen molar-refractivity contribution in [1.29, 1.82) is 0 Å². The normalized spacial score (nSPS) is 12.8. The summed E-state index contributed by atoms with van der Waals surface area (Å²) in [6.45, 7) is 0.628. The fourth-order valence-corrected chi connectivity index (χ4v) is 3.16. The number of ether oxygens (including phenoxy) is 1. The van der Waals surface area contributed by atoms with Crippen LogP contribution in [0.4, 0.5) is 11.4 Å². The summed E-state index contributed by atoms with van der Waals surface area (Å²) in [6.07, 6.45) is 0.777. The summed E-state index contributed by atoms with van der Waals surface area (Å²) >= 11 is 12.0. The molecule has 0 saturated carbocycles. The van der Waals surface area contributed by atoms with Gasteiger partial charge in [0.15, 0.2) is 0 Å². The maximum atomic E-state index is 12.5. The number of fused-ring (bicyclic) bond motifs is 1. The molecule has 0 atom stereocenters. The third-order valence-electron chi connectivity index (χ3n) is 3.98. The Labute approximate surface area is 155 Å². The Balaban J connectivity index is 1.83. The molecule has 0 unspecified atom stereocenters. The Bertz CT molecular complexity index is 839. The molecular formula is C18H16Cl2N2O3. The van der Waals surface area contributed by atoms with Crippen molar-refractivity contribution in [2.75, 3.05) is 30.5 Å². The van der Waals surface area contributed by atoms with Crippen molar-refractivity contribution in [3.05, 3.63) is 57.6 Å². The van der Waals surface area contributed by atoms with Gasteiger partial charge in [-0.15, -0.1) is 0 Å². The molecule has 3 rings (SSSR count). The van der Waals surface area contributed by atoms with Gasteiger partial charge in [-0.3, -0.25) is 9.59 Å². The number of rotatable bonds is 4. The third kappa shape index (κ3) is 3.79. The average molecular weight is 379 g/mol. The number of methoxy groups -OCH3 is 1. The summed E-state index contributed by atoms with van der Waals surface area (Å²) in [5.41, 5.74) is 2.72. The molecule has 0 radical (unpaired) electrons. The van der Waals surface area contributed by atoms with Gasteiger partial charge in [0.05, 0.1) is 10.6 Å². The maximum Gasteiger partial charge on any atom is 0.257 e. The molecule has 1 heterocycles. The fourth-order valence-electron chi connectivity index (χ4n) is 2.79. The third-order valence-corrected chi connectivity index (χ3v) is 4.55. The lowest BCUT2D eigenvalue weighted by Gasteiger charge is -2.17. The predicted molar refractivity (Wildman–Crippen MR) is 98.8 cm³/mol. The molecule has 0 aliphatic carbocycles. The molecule has 1 N–H and O–H groups in total. The van der Waals surface area contributed by atoms with Crippen LogP contribution < -0.4 is 10.2 Å². The zero-order valence-electron chi connectivity index (χ0n) is 13.5. The van der Waals surface area contributed by atoms with Crippen LogP contribution in [0.1, 0.15) is 15.9 Å². The fraction of sp³-hybridized carbons (Fsp3) is 0.222. The maximum absolute atomic E-state index is 12.5. The lowest BCUT2D eigenvalue weighted by atomic mass is 10.1. The second-order valence-corrected chi connectivity index (χ2v) is 6.49. The van der Waals surface area contributed by atoms with Crippen LogP contribution in [0.5, 0.6) is 0 Å². The first-order chi connectivity index (χ1) is 12.0. The van der Waals surface area contributed by atoms with Gasteiger partial charge in [0, 0.05) is 30.1 Å². The van der Waals surface area contributed by atoms with E-state index in [-0.39, 0.29) is 18.4 Å². The smallest absolute Gasteiger partial charge is 0.257 e. The Morgan fingerprint density at radius 1 is 1.20 bits per heavy atom. The Morgan fingerprint density at radius 3 is 2.76 bits per heavy atom. The Hall–Kier alpha value is -2.08. The minimum Gasteiger partial charge on any atom is -0.375 e. The molecule has 2 aromatic carbocycles. The molecule has 0 spiro atoms. The van der Waals surface area contributed by atoms with Gasteiger partial charge >= 0.3 is 0 Å². The first-order valence-corrected chi connectivity index (χ1v) is 8.44. The number of anilines is 2. The number of halogens is 2. The molecule has 0 bridgehead atoms. The van der Waals surface area contributed by atoms with Gasteiger partial charge in [-0.2, -0.15) is 0 Å². The van der Waals surface area contributed by atoms with Crippen LogP contribution in [-0.4, -0.2) is 32.1 Å². The van der Waals surface area contributed by atoms with Crippen molar-refractivity contribution in [3.8, 4) is 0 Å². The average Bonchev–Trinajstić information content (AvgIpc) is 3.00. The van der Waals surface area contributed by atoms with Gasteiger partial charge < -0.3 is 15.0 Å². The lowest BCUT2D eigenvalue weighted by molar-refractivity contribution is -0.122. The SMILES string of the molecule is COCC(=O)N1CCc2ccc(NC(=O)c3cc(Cl)ccc3Cl)cc21. The second kappa shape index (κ2) is 7.44. The van der Waals surface area contributed by atoms with Crippen molar-refractivity contribution in [1.82, 2.24) is 0 Å². The summed E-state index contributed by atoms with van der Waals surface area (Å²) < 4.78 is 4.92. The monoisotopic (exact) mass is 378 g/mol. The van der Waals surface area contributed by atoms with E-state index >= 15 is 0 Å². The molecule has 1 aliphatic rings. The van der Waals surface area contributed by atoms with Crippen LogP contribution in [0.15, 0.2) is 36.4 Å². The number of carbonyl (C=O) groups excluding carboxylic acids is 2. The second-order valence-electron chi connectivity index (χ2n) is 5.65. The number of nitrogens with one attached hydrogen (secondary N) is 1. The van der Waals surface area contributed by atoms with Gasteiger partial charge in [-0.05, 0) is 42.3 Å². The van der Waals surface area contributed by atoms with E-state index in [4.69, 9.17) is 27.9 Å². The molecular weight excluding hydrogens is 363 g/mol. The quantitative estimate of drug-likeness (QED) is 0.880. The van der Waals surface area contributed by atoms with Gasteiger partial charge in [-0.25, -0.2) is 0 Å². The van der Waals surface area contributed by atoms with Crippen LogP contribution in [0.2, 0.25) is 10.0 Å². The highest BCUT2D eigenvalue weighted by Gasteiger charge is 2.25. The summed E-state index contributed by atoms with van der Waals surface area (Å²) in [5.74, 6) is -0.470. The van der Waals surface area contributed by atoms with E-state index in [0.717, 1.165) is 17.7 Å². The first kappa shape index (κ1) is 17.7. The summed E-state index contributed by atoms with van der Waals surface area (Å²) in [7, 11) is 1.49. The van der Waals surface area contributed by atoms with Crippen molar-refractivity contribution in [2.24, 2.45) is 0 Å². The van der Waals surface area contributed by atoms with Crippen LogP contribution in [0.3, 0.4) is 0 Å². The number of hydrogen-bond donors (Lipinski definition) is 1. The zero-order valence-corrected chi connectivity index (χ0v) is 15.0. The van der Waals surface area contributed by atoms with Crippen molar-refractivity contribution >= 4 is 46.4 Å². The van der Waals surface area contributed by atoms with Crippen molar-refractivity contribution < 1.29 is 14.3 Å². The number of nitrogens with zero attached hydrogens (tertiary/aromatic N) is 1. The molecule has 0 saturated heterocycles. The van der Waals surface area contributed by atoms with E-state index in [1.54, 1.807) is 29.2 Å². The molecule has 130 valence electrons. The molecule has 0 fully saturated rings. The largest absolute Gasteiger partial charge is 0.375 e. The van der Waals surface area contributed by atoms with Crippen molar-refractivity contribution in [3.63, 3.8) is 0 Å². The molecule has 25 heavy (non-hydrogen) atoms. The summed E-state index contributed by atoms with van der Waals surface area (Å²) in [6, 6.07) is 10.2. The minimum absolute atomic E-state index is 0.0220.